The first-order chi connectivity index (χ1) is 11.1. The summed E-state index contributed by atoms with van der Waals surface area (Å²) in [4.78, 5) is 16.1. The van der Waals surface area contributed by atoms with Crippen LogP contribution in [0.15, 0.2) is 47.1 Å². The van der Waals surface area contributed by atoms with Gasteiger partial charge in [-0.25, -0.2) is 9.67 Å². The van der Waals surface area contributed by atoms with Crippen molar-refractivity contribution in [3.8, 4) is 11.4 Å². The van der Waals surface area contributed by atoms with Crippen molar-refractivity contribution in [2.75, 3.05) is 5.32 Å². The van der Waals surface area contributed by atoms with Crippen LogP contribution in [0.3, 0.4) is 0 Å². The molecule has 7 nitrogen and oxygen atoms in total. The van der Waals surface area contributed by atoms with Gasteiger partial charge >= 0.3 is 0 Å². The number of anilines is 1. The zero-order valence-corrected chi connectivity index (χ0v) is 14.0. The minimum absolute atomic E-state index is 0.0251. The fraction of sp³-hybridized carbons (Fsp3) is 0.0714. The number of tetrazole rings is 1. The topological polar surface area (TPSA) is 85.6 Å². The molecule has 9 heteroatoms. The van der Waals surface area contributed by atoms with Crippen molar-refractivity contribution in [2.45, 2.75) is 6.54 Å². The molecule has 23 heavy (non-hydrogen) atoms. The first-order valence-electron chi connectivity index (χ1n) is 6.55. The SMILES string of the molecule is O=C(Cn1nnnc1-c1ccc(Br)cc1)Nc1ccc(Cl)cn1. The highest BCUT2D eigenvalue weighted by molar-refractivity contribution is 9.10. The summed E-state index contributed by atoms with van der Waals surface area (Å²) in [7, 11) is 0. The summed E-state index contributed by atoms with van der Waals surface area (Å²) in [5.74, 6) is 0.639. The normalized spacial score (nSPS) is 10.5. The van der Waals surface area contributed by atoms with Crippen LogP contribution in [0.1, 0.15) is 0 Å². The Morgan fingerprint density at radius 2 is 2.00 bits per heavy atom. The maximum atomic E-state index is 12.1. The van der Waals surface area contributed by atoms with Gasteiger partial charge in [-0.1, -0.05) is 39.7 Å². The quantitative estimate of drug-likeness (QED) is 0.736. The molecule has 0 radical (unpaired) electrons. The molecular formula is C14H10BrClN6O. The molecule has 3 aromatic rings. The van der Waals surface area contributed by atoms with Crippen LogP contribution < -0.4 is 5.32 Å². The number of nitrogens with zero attached hydrogens (tertiary/aromatic N) is 5. The molecule has 3 rings (SSSR count). The van der Waals surface area contributed by atoms with Crippen molar-refractivity contribution in [1.29, 1.82) is 0 Å². The average Bonchev–Trinajstić information content (AvgIpc) is 2.98. The lowest BCUT2D eigenvalue weighted by atomic mass is 10.2. The zero-order valence-electron chi connectivity index (χ0n) is 11.6. The molecule has 0 unspecified atom stereocenters. The molecule has 0 spiro atoms. The number of carbonyl (C=O) groups is 1. The second-order valence-corrected chi connectivity index (χ2v) is 5.93. The van der Waals surface area contributed by atoms with E-state index in [1.54, 1.807) is 12.1 Å². The molecule has 0 atom stereocenters. The van der Waals surface area contributed by atoms with Gasteiger partial charge in [0, 0.05) is 16.2 Å². The highest BCUT2D eigenvalue weighted by Gasteiger charge is 2.12. The molecule has 0 saturated heterocycles. The molecule has 0 aliphatic carbocycles. The Hall–Kier alpha value is -2.32. The van der Waals surface area contributed by atoms with Crippen molar-refractivity contribution in [3.63, 3.8) is 0 Å². The summed E-state index contributed by atoms with van der Waals surface area (Å²) in [6, 6.07) is 10.8. The number of amides is 1. The van der Waals surface area contributed by atoms with E-state index in [9.17, 15) is 4.79 Å². The van der Waals surface area contributed by atoms with Crippen LogP contribution in [0.25, 0.3) is 11.4 Å². The van der Waals surface area contributed by atoms with E-state index in [0.717, 1.165) is 10.0 Å². The first-order valence-corrected chi connectivity index (χ1v) is 7.72. The first kappa shape index (κ1) is 15.6. The average molecular weight is 394 g/mol. The lowest BCUT2D eigenvalue weighted by molar-refractivity contribution is -0.116. The second-order valence-electron chi connectivity index (χ2n) is 4.58. The fourth-order valence-corrected chi connectivity index (χ4v) is 2.26. The third kappa shape index (κ3) is 3.91. The molecule has 2 aromatic heterocycles. The Morgan fingerprint density at radius 1 is 1.22 bits per heavy atom. The van der Waals surface area contributed by atoms with Gasteiger partial charge in [0.1, 0.15) is 12.4 Å². The molecule has 0 fully saturated rings. The standard InChI is InChI=1S/C14H10BrClN6O/c15-10-3-1-9(2-4-10)14-19-20-21-22(14)8-13(23)18-12-6-5-11(16)7-17-12/h1-7H,8H2,(H,17,18,23). The van der Waals surface area contributed by atoms with Crippen molar-refractivity contribution >= 4 is 39.3 Å². The molecule has 0 saturated carbocycles. The Kier molecular flexibility index (Phi) is 4.63. The van der Waals surface area contributed by atoms with Crippen LogP contribution in [0.2, 0.25) is 5.02 Å². The van der Waals surface area contributed by atoms with E-state index in [1.165, 1.54) is 10.9 Å². The molecule has 0 aliphatic heterocycles. The third-order valence-electron chi connectivity index (χ3n) is 2.92. The van der Waals surface area contributed by atoms with Gasteiger partial charge in [-0.15, -0.1) is 5.10 Å². The number of rotatable bonds is 4. The molecule has 0 aliphatic rings. The minimum Gasteiger partial charge on any atom is -0.309 e. The maximum Gasteiger partial charge on any atom is 0.247 e. The molecular weight excluding hydrogens is 384 g/mol. The van der Waals surface area contributed by atoms with Crippen molar-refractivity contribution < 1.29 is 4.79 Å². The Balaban J connectivity index is 1.73. The molecule has 2 heterocycles. The number of hydrogen-bond donors (Lipinski definition) is 1. The maximum absolute atomic E-state index is 12.1. The van der Waals surface area contributed by atoms with Crippen LogP contribution in [-0.4, -0.2) is 31.1 Å². The molecule has 1 amide bonds. The predicted octanol–water partition coefficient (Wildman–Crippen LogP) is 2.79. The summed E-state index contributed by atoms with van der Waals surface area (Å²) in [6.45, 7) is -0.0251. The van der Waals surface area contributed by atoms with Crippen molar-refractivity contribution in [2.24, 2.45) is 0 Å². The number of halogens is 2. The van der Waals surface area contributed by atoms with Crippen molar-refractivity contribution in [1.82, 2.24) is 25.2 Å². The van der Waals surface area contributed by atoms with E-state index in [2.05, 4.69) is 41.8 Å². The lowest BCUT2D eigenvalue weighted by Crippen LogP contribution is -2.20. The molecule has 0 bridgehead atoms. The summed E-state index contributed by atoms with van der Waals surface area (Å²) in [6.07, 6.45) is 1.46. The van der Waals surface area contributed by atoms with Gasteiger partial charge in [-0.2, -0.15) is 0 Å². The Bertz CT molecular complexity index is 818. The number of benzene rings is 1. The van der Waals surface area contributed by atoms with E-state index in [1.807, 2.05) is 24.3 Å². The Morgan fingerprint density at radius 3 is 2.70 bits per heavy atom. The minimum atomic E-state index is -0.287. The summed E-state index contributed by atoms with van der Waals surface area (Å²) < 4.78 is 2.38. The van der Waals surface area contributed by atoms with Gasteiger partial charge in [0.05, 0.1) is 5.02 Å². The van der Waals surface area contributed by atoms with Crippen LogP contribution in [0, 0.1) is 0 Å². The van der Waals surface area contributed by atoms with E-state index >= 15 is 0 Å². The summed E-state index contributed by atoms with van der Waals surface area (Å²) in [5, 5.41) is 14.6. The second kappa shape index (κ2) is 6.84. The van der Waals surface area contributed by atoms with E-state index in [4.69, 9.17) is 11.6 Å². The lowest BCUT2D eigenvalue weighted by Gasteiger charge is -2.06. The van der Waals surface area contributed by atoms with Crippen LogP contribution in [0.4, 0.5) is 5.82 Å². The molecule has 1 N–H and O–H groups in total. The van der Waals surface area contributed by atoms with E-state index in [0.29, 0.717) is 16.7 Å². The predicted molar refractivity (Wildman–Crippen MR) is 88.8 cm³/mol. The largest absolute Gasteiger partial charge is 0.309 e. The van der Waals surface area contributed by atoms with Gasteiger partial charge in [-0.3, -0.25) is 4.79 Å². The molecule has 116 valence electrons. The van der Waals surface area contributed by atoms with E-state index < -0.39 is 0 Å². The highest BCUT2D eigenvalue weighted by Crippen LogP contribution is 2.19. The van der Waals surface area contributed by atoms with Gasteiger partial charge in [-0.05, 0) is 34.7 Å². The fourth-order valence-electron chi connectivity index (χ4n) is 1.89. The highest BCUT2D eigenvalue weighted by atomic mass is 79.9. The van der Waals surface area contributed by atoms with Crippen LogP contribution >= 0.6 is 27.5 Å². The Labute approximate surface area is 144 Å². The summed E-state index contributed by atoms with van der Waals surface area (Å²) in [5.41, 5.74) is 0.815. The van der Waals surface area contributed by atoms with Gasteiger partial charge in [0.25, 0.3) is 0 Å². The number of carbonyl (C=O) groups excluding carboxylic acids is 1. The smallest absolute Gasteiger partial charge is 0.247 e. The van der Waals surface area contributed by atoms with Crippen molar-refractivity contribution in [3.05, 3.63) is 52.1 Å². The van der Waals surface area contributed by atoms with Gasteiger partial charge < -0.3 is 5.32 Å². The molecule has 1 aromatic carbocycles. The monoisotopic (exact) mass is 392 g/mol. The van der Waals surface area contributed by atoms with Gasteiger partial charge in [0.2, 0.25) is 5.91 Å². The van der Waals surface area contributed by atoms with E-state index in [-0.39, 0.29) is 12.5 Å². The zero-order chi connectivity index (χ0) is 16.2. The number of hydrogen-bond acceptors (Lipinski definition) is 5. The third-order valence-corrected chi connectivity index (χ3v) is 3.67. The van der Waals surface area contributed by atoms with Crippen LogP contribution in [0.5, 0.6) is 0 Å². The summed E-state index contributed by atoms with van der Waals surface area (Å²) >= 11 is 9.12. The number of aromatic nitrogens is 5. The van der Waals surface area contributed by atoms with Crippen LogP contribution in [-0.2, 0) is 11.3 Å². The number of pyridine rings is 1. The number of nitrogens with one attached hydrogen (secondary N) is 1. The van der Waals surface area contributed by atoms with Gasteiger partial charge in [0.15, 0.2) is 5.82 Å².